The van der Waals surface area contributed by atoms with Crippen molar-refractivity contribution in [3.8, 4) is 0 Å². The quantitative estimate of drug-likeness (QED) is 0.621. The topological polar surface area (TPSA) is 101 Å². The molecule has 6 nitrogen and oxygen atoms in total. The Bertz CT molecular complexity index is 261. The largest absolute Gasteiger partial charge is 0.465 e. The Hall–Kier alpha value is -0.820. The smallest absolute Gasteiger partial charge is 0.407 e. The summed E-state index contributed by atoms with van der Waals surface area (Å²) in [5.41, 5.74) is 0. The van der Waals surface area contributed by atoms with Gasteiger partial charge in [0, 0.05) is 13.1 Å². The second-order valence-electron chi connectivity index (χ2n) is 2.57. The number of primary sulfonamides is 1. The summed E-state index contributed by atoms with van der Waals surface area (Å²) in [6.45, 7) is 1.47. The Balaban J connectivity index is 4.23. The Morgan fingerprint density at radius 1 is 1.67 bits per heavy atom. The van der Waals surface area contributed by atoms with E-state index >= 15 is 0 Å². The number of carbonyl (C=O) groups is 1. The monoisotopic (exact) mass is 196 g/mol. The maximum Gasteiger partial charge on any atom is 0.407 e. The second-order valence-corrected chi connectivity index (χ2v) is 4.23. The lowest BCUT2D eigenvalue weighted by Crippen LogP contribution is -2.40. The van der Waals surface area contributed by atoms with Crippen molar-refractivity contribution in [1.29, 1.82) is 0 Å². The molecule has 0 saturated carbocycles. The van der Waals surface area contributed by atoms with Crippen molar-refractivity contribution in [2.24, 2.45) is 5.14 Å². The lowest BCUT2D eigenvalue weighted by molar-refractivity contribution is 0.145. The molecule has 1 unspecified atom stereocenters. The van der Waals surface area contributed by atoms with Crippen molar-refractivity contribution >= 4 is 16.1 Å². The number of nitrogens with two attached hydrogens (primary N) is 1. The third kappa shape index (κ3) is 4.14. The van der Waals surface area contributed by atoms with Crippen LogP contribution in [0.4, 0.5) is 4.79 Å². The summed E-state index contributed by atoms with van der Waals surface area (Å²) in [7, 11) is -2.32. The van der Waals surface area contributed by atoms with Crippen molar-refractivity contribution < 1.29 is 18.3 Å². The van der Waals surface area contributed by atoms with E-state index in [0.29, 0.717) is 0 Å². The summed E-state index contributed by atoms with van der Waals surface area (Å²) in [5.74, 6) is -0.365. The molecule has 1 atom stereocenters. The van der Waals surface area contributed by atoms with Crippen LogP contribution in [0.3, 0.4) is 0 Å². The summed E-state index contributed by atoms with van der Waals surface area (Å²) in [5, 5.41) is 13.2. The fourth-order valence-corrected chi connectivity index (χ4v) is 1.53. The van der Waals surface area contributed by atoms with E-state index < -0.39 is 22.2 Å². The van der Waals surface area contributed by atoms with Crippen LogP contribution in [0.1, 0.15) is 6.92 Å². The lowest BCUT2D eigenvalue weighted by Gasteiger charge is -2.20. The molecule has 0 aromatic carbocycles. The van der Waals surface area contributed by atoms with E-state index in [4.69, 9.17) is 10.2 Å². The highest BCUT2D eigenvalue weighted by molar-refractivity contribution is 7.89. The maximum absolute atomic E-state index is 10.5. The van der Waals surface area contributed by atoms with Gasteiger partial charge in [0.15, 0.2) is 0 Å². The molecule has 0 aliphatic heterocycles. The first-order valence-electron chi connectivity index (χ1n) is 3.20. The minimum absolute atomic E-state index is 0.365. The van der Waals surface area contributed by atoms with Crippen LogP contribution in [-0.4, -0.2) is 43.4 Å². The van der Waals surface area contributed by atoms with E-state index in [1.165, 1.54) is 14.0 Å². The van der Waals surface area contributed by atoms with Gasteiger partial charge in [-0.1, -0.05) is 0 Å². The zero-order chi connectivity index (χ0) is 9.94. The predicted molar refractivity (Wildman–Crippen MR) is 43.2 cm³/mol. The average Bonchev–Trinajstić information content (AvgIpc) is 1.82. The molecule has 0 aromatic rings. The number of carboxylic acid groups (broad SMARTS) is 1. The van der Waals surface area contributed by atoms with Crippen LogP contribution in [-0.2, 0) is 10.0 Å². The van der Waals surface area contributed by atoms with Gasteiger partial charge < -0.3 is 10.0 Å². The second kappa shape index (κ2) is 3.72. The van der Waals surface area contributed by atoms with Gasteiger partial charge in [0.2, 0.25) is 10.0 Å². The van der Waals surface area contributed by atoms with Crippen LogP contribution < -0.4 is 5.14 Å². The van der Waals surface area contributed by atoms with Crippen LogP contribution in [0.25, 0.3) is 0 Å². The molecule has 0 heterocycles. The summed E-state index contributed by atoms with van der Waals surface area (Å²) in [6, 6.07) is -0.627. The van der Waals surface area contributed by atoms with Crippen molar-refractivity contribution in [2.75, 3.05) is 12.8 Å². The zero-order valence-electron chi connectivity index (χ0n) is 6.89. The summed E-state index contributed by atoms with van der Waals surface area (Å²) in [6.07, 6.45) is -1.17. The van der Waals surface area contributed by atoms with Crippen LogP contribution in [0.5, 0.6) is 0 Å². The van der Waals surface area contributed by atoms with Crippen molar-refractivity contribution in [2.45, 2.75) is 13.0 Å². The molecule has 0 radical (unpaired) electrons. The van der Waals surface area contributed by atoms with Gasteiger partial charge in [-0.25, -0.2) is 18.4 Å². The molecule has 0 saturated heterocycles. The van der Waals surface area contributed by atoms with Crippen LogP contribution in [0, 0.1) is 0 Å². The minimum atomic E-state index is -3.61. The predicted octanol–water partition coefficient (Wildman–Crippen LogP) is -0.727. The van der Waals surface area contributed by atoms with Crippen molar-refractivity contribution in [1.82, 2.24) is 4.90 Å². The first-order chi connectivity index (χ1) is 5.24. The van der Waals surface area contributed by atoms with Crippen molar-refractivity contribution in [3.63, 3.8) is 0 Å². The minimum Gasteiger partial charge on any atom is -0.465 e. The van der Waals surface area contributed by atoms with Gasteiger partial charge in [0.05, 0.1) is 5.75 Å². The van der Waals surface area contributed by atoms with Crippen molar-refractivity contribution in [3.05, 3.63) is 0 Å². The Morgan fingerprint density at radius 3 is 2.33 bits per heavy atom. The molecule has 0 fully saturated rings. The first-order valence-corrected chi connectivity index (χ1v) is 4.92. The van der Waals surface area contributed by atoms with Crippen LogP contribution >= 0.6 is 0 Å². The van der Waals surface area contributed by atoms with E-state index in [-0.39, 0.29) is 5.75 Å². The standard InChI is InChI=1S/C5H12N2O4S/c1-4(3-12(6,10)11)7(2)5(8)9/h4H,3H2,1-2H3,(H,8,9)(H2,6,10,11). The van der Waals surface area contributed by atoms with Gasteiger partial charge in [-0.15, -0.1) is 0 Å². The molecule has 0 aromatic heterocycles. The van der Waals surface area contributed by atoms with Gasteiger partial charge in [-0.05, 0) is 6.92 Å². The van der Waals surface area contributed by atoms with Crippen LogP contribution in [0.15, 0.2) is 0 Å². The Labute approximate surface area is 71.0 Å². The number of sulfonamides is 1. The normalized spacial score (nSPS) is 13.9. The molecular weight excluding hydrogens is 184 g/mol. The number of hydrogen-bond donors (Lipinski definition) is 2. The molecule has 7 heteroatoms. The van der Waals surface area contributed by atoms with E-state index in [1.807, 2.05) is 0 Å². The summed E-state index contributed by atoms with van der Waals surface area (Å²) in [4.78, 5) is 11.2. The number of hydrogen-bond acceptors (Lipinski definition) is 3. The molecule has 0 aliphatic carbocycles. The lowest BCUT2D eigenvalue weighted by atomic mass is 10.4. The molecule has 12 heavy (non-hydrogen) atoms. The van der Waals surface area contributed by atoms with E-state index in [0.717, 1.165) is 4.90 Å². The first kappa shape index (κ1) is 11.2. The van der Waals surface area contributed by atoms with E-state index in [9.17, 15) is 13.2 Å². The molecule has 72 valence electrons. The highest BCUT2D eigenvalue weighted by Gasteiger charge is 2.18. The number of nitrogens with zero attached hydrogens (tertiary/aromatic N) is 1. The maximum atomic E-state index is 10.5. The molecule has 0 aliphatic rings. The van der Waals surface area contributed by atoms with E-state index in [1.54, 1.807) is 0 Å². The number of rotatable bonds is 3. The SMILES string of the molecule is CC(CS(N)(=O)=O)N(C)C(=O)O. The third-order valence-corrected chi connectivity index (χ3v) is 2.38. The van der Waals surface area contributed by atoms with Gasteiger partial charge in [-0.3, -0.25) is 0 Å². The van der Waals surface area contributed by atoms with Gasteiger partial charge in [-0.2, -0.15) is 0 Å². The summed E-state index contributed by atoms with van der Waals surface area (Å²) < 4.78 is 21.1. The fraction of sp³-hybridized carbons (Fsp3) is 0.800. The molecule has 3 N–H and O–H groups in total. The zero-order valence-corrected chi connectivity index (χ0v) is 7.71. The average molecular weight is 196 g/mol. The molecular formula is C5H12N2O4S. The molecule has 0 rings (SSSR count). The molecule has 1 amide bonds. The highest BCUT2D eigenvalue weighted by atomic mass is 32.2. The fourth-order valence-electron chi connectivity index (χ4n) is 0.637. The van der Waals surface area contributed by atoms with Gasteiger partial charge >= 0.3 is 6.09 Å². The summed E-state index contributed by atoms with van der Waals surface area (Å²) >= 11 is 0. The number of amides is 1. The van der Waals surface area contributed by atoms with E-state index in [2.05, 4.69) is 0 Å². The van der Waals surface area contributed by atoms with Gasteiger partial charge in [0.1, 0.15) is 0 Å². The Kier molecular flexibility index (Phi) is 3.47. The third-order valence-electron chi connectivity index (χ3n) is 1.44. The van der Waals surface area contributed by atoms with Gasteiger partial charge in [0.25, 0.3) is 0 Å². The highest BCUT2D eigenvalue weighted by Crippen LogP contribution is 1.97. The van der Waals surface area contributed by atoms with Crippen LogP contribution in [0.2, 0.25) is 0 Å². The Morgan fingerprint density at radius 2 is 2.08 bits per heavy atom. The molecule has 0 bridgehead atoms. The molecule has 0 spiro atoms.